The number of nitrogens with zero attached hydrogens (tertiary/aromatic N) is 2. The molecule has 0 radical (unpaired) electrons. The molecule has 1 aromatic carbocycles. The van der Waals surface area contributed by atoms with Crippen molar-refractivity contribution in [3.8, 4) is 0 Å². The monoisotopic (exact) mass is 524 g/mol. The van der Waals surface area contributed by atoms with E-state index in [-0.39, 0.29) is 32.0 Å². The van der Waals surface area contributed by atoms with Crippen molar-refractivity contribution in [2.75, 3.05) is 26.7 Å². The number of amides is 1. The molecule has 0 aliphatic carbocycles. The van der Waals surface area contributed by atoms with Gasteiger partial charge in [-0.3, -0.25) is 14.9 Å². The minimum atomic E-state index is -3.72. The van der Waals surface area contributed by atoms with Gasteiger partial charge < -0.3 is 14.7 Å². The quantitative estimate of drug-likeness (QED) is 0.352. The number of carbonyl (C=O) groups is 3. The normalized spacial score (nSPS) is 24.1. The average Bonchev–Trinajstić information content (AvgIpc) is 3.25. The van der Waals surface area contributed by atoms with Crippen LogP contribution in [0.3, 0.4) is 0 Å². The van der Waals surface area contributed by atoms with Gasteiger partial charge >= 0.3 is 11.9 Å². The van der Waals surface area contributed by atoms with Gasteiger partial charge in [-0.25, -0.2) is 9.52 Å². The van der Waals surface area contributed by atoms with Crippen LogP contribution in [-0.2, 0) is 35.8 Å². The maximum atomic E-state index is 13.6. The predicted octanol–water partition coefficient (Wildman–Crippen LogP) is 0.369. The summed E-state index contributed by atoms with van der Waals surface area (Å²) in [6, 6.07) is 6.36. The molecule has 1 amide bonds. The molecule has 2 heterocycles. The SMILES string of the molecule is CCOC(=O)[C@H](CCc1ccccc1)N[C@H](C)C(=O)N1[C@@H]2CN(S(=O)(=O)NC)CC[C@@H]2C[C@H]1C(=O)O. The molecule has 2 fully saturated rings. The van der Waals surface area contributed by atoms with Gasteiger partial charge in [-0.15, -0.1) is 0 Å². The van der Waals surface area contributed by atoms with Crippen molar-refractivity contribution in [3.63, 3.8) is 0 Å². The lowest BCUT2D eigenvalue weighted by atomic mass is 9.92. The Labute approximate surface area is 212 Å². The van der Waals surface area contributed by atoms with Crippen molar-refractivity contribution in [1.82, 2.24) is 19.2 Å². The van der Waals surface area contributed by atoms with Gasteiger partial charge in [0.1, 0.15) is 12.1 Å². The molecule has 36 heavy (non-hydrogen) atoms. The summed E-state index contributed by atoms with van der Waals surface area (Å²) < 4.78 is 33.5. The smallest absolute Gasteiger partial charge is 0.326 e. The van der Waals surface area contributed by atoms with E-state index in [0.717, 1.165) is 5.56 Å². The fourth-order valence-electron chi connectivity index (χ4n) is 5.12. The minimum Gasteiger partial charge on any atom is -0.480 e. The summed E-state index contributed by atoms with van der Waals surface area (Å²) in [5, 5.41) is 12.9. The number of benzene rings is 1. The summed E-state index contributed by atoms with van der Waals surface area (Å²) in [7, 11) is -2.40. The first-order valence-corrected chi connectivity index (χ1v) is 13.7. The first-order valence-electron chi connectivity index (χ1n) is 12.3. The van der Waals surface area contributed by atoms with Gasteiger partial charge in [-0.1, -0.05) is 30.3 Å². The van der Waals surface area contributed by atoms with Gasteiger partial charge in [0.25, 0.3) is 10.2 Å². The Hall–Kier alpha value is -2.54. The van der Waals surface area contributed by atoms with Crippen LogP contribution in [0.2, 0.25) is 0 Å². The highest BCUT2D eigenvalue weighted by Crippen LogP contribution is 2.37. The fourth-order valence-corrected chi connectivity index (χ4v) is 6.07. The number of likely N-dealkylation sites (tertiary alicyclic amines) is 1. The van der Waals surface area contributed by atoms with Gasteiger partial charge in [0.15, 0.2) is 0 Å². The Balaban J connectivity index is 1.77. The van der Waals surface area contributed by atoms with Gasteiger partial charge in [0.2, 0.25) is 5.91 Å². The molecule has 11 nitrogen and oxygen atoms in total. The largest absolute Gasteiger partial charge is 0.480 e. The number of hydrogen-bond donors (Lipinski definition) is 3. The summed E-state index contributed by atoms with van der Waals surface area (Å²) in [6.45, 7) is 3.77. The van der Waals surface area contributed by atoms with Gasteiger partial charge in [-0.05, 0) is 51.0 Å². The molecule has 1 aromatic rings. The molecule has 0 saturated carbocycles. The van der Waals surface area contributed by atoms with Crippen molar-refractivity contribution in [2.45, 2.75) is 63.7 Å². The first-order chi connectivity index (χ1) is 17.1. The highest BCUT2D eigenvalue weighted by Gasteiger charge is 2.51. The van der Waals surface area contributed by atoms with E-state index in [1.54, 1.807) is 13.8 Å². The number of hydrogen-bond acceptors (Lipinski definition) is 7. The standard InChI is InChI=1S/C24H36N4O7S/c1-4-35-24(32)19(11-10-17-8-6-5-7-9-17)26-16(2)22(29)28-20(23(30)31)14-18-12-13-27(15-21(18)28)36(33,34)25-3/h5-9,16,18-21,25-26H,4,10-15H2,1-3H3,(H,30,31)/t16-,18-,19+,20+,21-/m1/s1. The Morgan fingerprint density at radius 2 is 1.92 bits per heavy atom. The molecular formula is C24H36N4O7S. The number of rotatable bonds is 11. The highest BCUT2D eigenvalue weighted by molar-refractivity contribution is 7.87. The van der Waals surface area contributed by atoms with Crippen LogP contribution in [0.15, 0.2) is 30.3 Å². The van der Waals surface area contributed by atoms with Crippen LogP contribution >= 0.6 is 0 Å². The Morgan fingerprint density at radius 3 is 2.53 bits per heavy atom. The lowest BCUT2D eigenvalue weighted by Crippen LogP contribution is -2.59. The third-order valence-corrected chi connectivity index (χ3v) is 8.53. The first kappa shape index (κ1) is 28.0. The molecule has 0 spiro atoms. The van der Waals surface area contributed by atoms with Crippen molar-refractivity contribution >= 4 is 28.1 Å². The van der Waals surface area contributed by atoms with E-state index in [4.69, 9.17) is 4.74 Å². The van der Waals surface area contributed by atoms with Crippen molar-refractivity contribution < 1.29 is 32.6 Å². The number of piperidine rings is 1. The molecule has 2 aliphatic heterocycles. The minimum absolute atomic E-state index is 0.0192. The summed E-state index contributed by atoms with van der Waals surface area (Å²) in [6.07, 6.45) is 1.70. The summed E-state index contributed by atoms with van der Waals surface area (Å²) >= 11 is 0. The van der Waals surface area contributed by atoms with E-state index in [2.05, 4.69) is 10.0 Å². The summed E-state index contributed by atoms with van der Waals surface area (Å²) in [5.41, 5.74) is 1.04. The third kappa shape index (κ3) is 6.41. The van der Waals surface area contributed by atoms with E-state index in [0.29, 0.717) is 19.3 Å². The van der Waals surface area contributed by atoms with Crippen molar-refractivity contribution in [1.29, 1.82) is 0 Å². The number of carboxylic acid groups (broad SMARTS) is 1. The number of esters is 1. The van der Waals surface area contributed by atoms with Crippen LogP contribution in [-0.4, -0.2) is 91.5 Å². The van der Waals surface area contributed by atoms with E-state index in [9.17, 15) is 27.9 Å². The number of aliphatic carboxylic acids is 1. The summed E-state index contributed by atoms with van der Waals surface area (Å²) in [4.78, 5) is 39.6. The summed E-state index contributed by atoms with van der Waals surface area (Å²) in [5.74, 6) is -2.21. The zero-order chi connectivity index (χ0) is 26.5. The lowest BCUT2D eigenvalue weighted by molar-refractivity contribution is -0.152. The maximum Gasteiger partial charge on any atom is 0.326 e. The molecule has 2 aliphatic rings. The van der Waals surface area contributed by atoms with Gasteiger partial charge in [0, 0.05) is 26.2 Å². The fraction of sp³-hybridized carbons (Fsp3) is 0.625. The Morgan fingerprint density at radius 1 is 1.22 bits per heavy atom. The molecule has 3 rings (SSSR count). The topological polar surface area (TPSA) is 145 Å². The van der Waals surface area contributed by atoms with Crippen LogP contribution in [0.1, 0.15) is 38.7 Å². The maximum absolute atomic E-state index is 13.6. The molecule has 200 valence electrons. The van der Waals surface area contributed by atoms with Crippen LogP contribution < -0.4 is 10.0 Å². The molecule has 5 atom stereocenters. The van der Waals surface area contributed by atoms with Crippen LogP contribution in [0.5, 0.6) is 0 Å². The second-order valence-electron chi connectivity index (χ2n) is 9.24. The van der Waals surface area contributed by atoms with Crippen LogP contribution in [0.25, 0.3) is 0 Å². The molecule has 0 unspecified atom stereocenters. The number of aryl methyl sites for hydroxylation is 1. The van der Waals surface area contributed by atoms with E-state index in [1.165, 1.54) is 16.3 Å². The number of ether oxygens (including phenoxy) is 1. The van der Waals surface area contributed by atoms with E-state index < -0.39 is 52.2 Å². The van der Waals surface area contributed by atoms with Crippen LogP contribution in [0, 0.1) is 5.92 Å². The molecule has 0 aromatic heterocycles. The third-order valence-electron chi connectivity index (χ3n) is 7.00. The zero-order valence-electron chi connectivity index (χ0n) is 20.9. The number of nitrogens with one attached hydrogen (secondary N) is 2. The molecule has 12 heteroatoms. The van der Waals surface area contributed by atoms with Gasteiger partial charge in [-0.2, -0.15) is 12.7 Å². The van der Waals surface area contributed by atoms with E-state index in [1.807, 2.05) is 30.3 Å². The lowest BCUT2D eigenvalue weighted by Gasteiger charge is -2.39. The van der Waals surface area contributed by atoms with Crippen LogP contribution in [0.4, 0.5) is 0 Å². The number of carbonyl (C=O) groups excluding carboxylic acids is 2. The number of carboxylic acids is 1. The molecule has 2 saturated heterocycles. The van der Waals surface area contributed by atoms with Crippen molar-refractivity contribution in [3.05, 3.63) is 35.9 Å². The molecule has 0 bridgehead atoms. The predicted molar refractivity (Wildman–Crippen MR) is 132 cm³/mol. The second kappa shape index (κ2) is 12.1. The molecular weight excluding hydrogens is 488 g/mol. The zero-order valence-corrected chi connectivity index (χ0v) is 21.7. The molecule has 3 N–H and O–H groups in total. The van der Waals surface area contributed by atoms with E-state index >= 15 is 0 Å². The number of fused-ring (bicyclic) bond motifs is 1. The average molecular weight is 525 g/mol. The Bertz CT molecular complexity index is 1040. The Kier molecular flexibility index (Phi) is 9.45. The van der Waals surface area contributed by atoms with Gasteiger partial charge in [0.05, 0.1) is 12.6 Å². The van der Waals surface area contributed by atoms with Crippen molar-refractivity contribution in [2.24, 2.45) is 5.92 Å². The highest BCUT2D eigenvalue weighted by atomic mass is 32.2. The second-order valence-corrected chi connectivity index (χ2v) is 11.1.